The van der Waals surface area contributed by atoms with Crippen molar-refractivity contribution in [1.29, 1.82) is 0 Å². The first-order valence-corrected chi connectivity index (χ1v) is 6.63. The summed E-state index contributed by atoms with van der Waals surface area (Å²) in [6.07, 6.45) is 2.13. The minimum atomic E-state index is -0.656. The zero-order valence-corrected chi connectivity index (χ0v) is 11.5. The second-order valence-electron chi connectivity index (χ2n) is 4.81. The van der Waals surface area contributed by atoms with Crippen molar-refractivity contribution < 1.29 is 19.4 Å². The van der Waals surface area contributed by atoms with Crippen LogP contribution in [0.1, 0.15) is 24.4 Å². The van der Waals surface area contributed by atoms with Gasteiger partial charge >= 0.3 is 0 Å². The second-order valence-corrected chi connectivity index (χ2v) is 4.81. The first-order chi connectivity index (χ1) is 9.61. The quantitative estimate of drug-likeness (QED) is 0.713. The molecule has 4 N–H and O–H groups in total. The topological polar surface area (TPSA) is 93.8 Å². The number of nitrogens with two attached hydrogens (primary N) is 1. The molecule has 6 heteroatoms. The Morgan fingerprint density at radius 2 is 2.45 bits per heavy atom. The molecular weight excluding hydrogens is 260 g/mol. The third kappa shape index (κ3) is 3.40. The number of rotatable bonds is 6. The molecule has 1 aromatic rings. The lowest BCUT2D eigenvalue weighted by atomic mass is 10.1. The highest BCUT2D eigenvalue weighted by atomic mass is 16.5. The number of phenols is 1. The van der Waals surface area contributed by atoms with Gasteiger partial charge in [0.15, 0.2) is 11.5 Å². The third-order valence-electron chi connectivity index (χ3n) is 3.39. The van der Waals surface area contributed by atoms with E-state index in [0.717, 1.165) is 19.4 Å². The SMILES string of the molecule is COc1ccc(C(NCC2CCCO2)C(N)=O)cc1O. The van der Waals surface area contributed by atoms with E-state index in [-0.39, 0.29) is 11.9 Å². The van der Waals surface area contributed by atoms with Gasteiger partial charge < -0.3 is 20.3 Å². The Morgan fingerprint density at radius 1 is 1.65 bits per heavy atom. The van der Waals surface area contributed by atoms with Gasteiger partial charge in [-0.1, -0.05) is 6.07 Å². The normalized spacial score (nSPS) is 19.8. The number of benzene rings is 1. The molecule has 0 aromatic heterocycles. The summed E-state index contributed by atoms with van der Waals surface area (Å²) >= 11 is 0. The van der Waals surface area contributed by atoms with Crippen molar-refractivity contribution in [3.05, 3.63) is 23.8 Å². The van der Waals surface area contributed by atoms with Gasteiger partial charge in [0.2, 0.25) is 5.91 Å². The standard InChI is InChI=1S/C14H20N2O4/c1-19-12-5-4-9(7-11(12)17)13(14(15)18)16-8-10-3-2-6-20-10/h4-5,7,10,13,16-17H,2-3,6,8H2,1H3,(H2,15,18). The molecule has 1 aromatic carbocycles. The number of amides is 1. The molecule has 110 valence electrons. The van der Waals surface area contributed by atoms with Crippen LogP contribution in [0.25, 0.3) is 0 Å². The molecule has 0 radical (unpaired) electrons. The molecule has 1 amide bonds. The Bertz CT molecular complexity index is 472. The van der Waals surface area contributed by atoms with Crippen LogP contribution in [-0.4, -0.2) is 37.4 Å². The summed E-state index contributed by atoms with van der Waals surface area (Å²) in [5.74, 6) is -0.154. The van der Waals surface area contributed by atoms with E-state index in [2.05, 4.69) is 5.32 Å². The predicted octanol–water partition coefficient (Wildman–Crippen LogP) is 0.696. The molecule has 2 unspecified atom stereocenters. The van der Waals surface area contributed by atoms with E-state index in [1.165, 1.54) is 13.2 Å². The first kappa shape index (κ1) is 14.6. The minimum absolute atomic E-state index is 0.0184. The van der Waals surface area contributed by atoms with Gasteiger partial charge in [0, 0.05) is 13.2 Å². The predicted molar refractivity (Wildman–Crippen MR) is 73.6 cm³/mol. The Kier molecular flexibility index (Phi) is 4.81. The average Bonchev–Trinajstić information content (AvgIpc) is 2.92. The van der Waals surface area contributed by atoms with Crippen LogP contribution in [0.2, 0.25) is 0 Å². The molecule has 1 saturated heterocycles. The lowest BCUT2D eigenvalue weighted by Gasteiger charge is -2.19. The molecule has 0 bridgehead atoms. The van der Waals surface area contributed by atoms with Gasteiger partial charge in [0.25, 0.3) is 0 Å². The van der Waals surface area contributed by atoms with Crippen LogP contribution in [0.5, 0.6) is 11.5 Å². The molecule has 1 fully saturated rings. The molecule has 2 rings (SSSR count). The molecule has 0 saturated carbocycles. The maximum atomic E-state index is 11.6. The molecule has 1 heterocycles. The molecule has 1 aliphatic heterocycles. The molecule has 6 nitrogen and oxygen atoms in total. The third-order valence-corrected chi connectivity index (χ3v) is 3.39. The van der Waals surface area contributed by atoms with Crippen molar-refractivity contribution in [2.45, 2.75) is 25.0 Å². The highest BCUT2D eigenvalue weighted by Gasteiger charge is 2.22. The number of methoxy groups -OCH3 is 1. The van der Waals surface area contributed by atoms with Gasteiger partial charge in [-0.2, -0.15) is 0 Å². The zero-order valence-electron chi connectivity index (χ0n) is 11.5. The van der Waals surface area contributed by atoms with E-state index in [0.29, 0.717) is 17.9 Å². The summed E-state index contributed by atoms with van der Waals surface area (Å²) < 4.78 is 10.5. The van der Waals surface area contributed by atoms with Crippen LogP contribution in [-0.2, 0) is 9.53 Å². The van der Waals surface area contributed by atoms with Crippen LogP contribution in [0.15, 0.2) is 18.2 Å². The summed E-state index contributed by atoms with van der Waals surface area (Å²) in [4.78, 5) is 11.6. The highest BCUT2D eigenvalue weighted by molar-refractivity contribution is 5.81. The van der Waals surface area contributed by atoms with Crippen LogP contribution in [0.3, 0.4) is 0 Å². The number of aromatic hydroxyl groups is 1. The van der Waals surface area contributed by atoms with E-state index in [4.69, 9.17) is 15.2 Å². The van der Waals surface area contributed by atoms with Crippen LogP contribution >= 0.6 is 0 Å². The number of carbonyl (C=O) groups excluding carboxylic acids is 1. The fourth-order valence-electron chi connectivity index (χ4n) is 2.32. The van der Waals surface area contributed by atoms with E-state index in [9.17, 15) is 9.90 Å². The maximum absolute atomic E-state index is 11.6. The van der Waals surface area contributed by atoms with Gasteiger partial charge in [-0.3, -0.25) is 10.1 Å². The van der Waals surface area contributed by atoms with Gasteiger partial charge in [0.05, 0.1) is 13.2 Å². The lowest BCUT2D eigenvalue weighted by Crippen LogP contribution is -2.37. The Hall–Kier alpha value is -1.79. The fourth-order valence-corrected chi connectivity index (χ4v) is 2.32. The van der Waals surface area contributed by atoms with E-state index in [1.807, 2.05) is 0 Å². The minimum Gasteiger partial charge on any atom is -0.504 e. The number of nitrogens with one attached hydrogen (secondary N) is 1. The smallest absolute Gasteiger partial charge is 0.239 e. The Labute approximate surface area is 117 Å². The molecule has 0 aliphatic carbocycles. The van der Waals surface area contributed by atoms with Crippen LogP contribution in [0, 0.1) is 0 Å². The lowest BCUT2D eigenvalue weighted by molar-refractivity contribution is -0.120. The van der Waals surface area contributed by atoms with E-state index < -0.39 is 11.9 Å². The summed E-state index contributed by atoms with van der Waals surface area (Å²) in [6, 6.07) is 4.14. The van der Waals surface area contributed by atoms with Crippen molar-refractivity contribution in [2.24, 2.45) is 5.73 Å². The molecule has 1 aliphatic rings. The van der Waals surface area contributed by atoms with Crippen molar-refractivity contribution in [3.8, 4) is 11.5 Å². The Morgan fingerprint density at radius 3 is 3.00 bits per heavy atom. The highest BCUT2D eigenvalue weighted by Crippen LogP contribution is 2.29. The van der Waals surface area contributed by atoms with Crippen molar-refractivity contribution in [3.63, 3.8) is 0 Å². The van der Waals surface area contributed by atoms with Gasteiger partial charge in [-0.05, 0) is 30.5 Å². The van der Waals surface area contributed by atoms with Crippen molar-refractivity contribution >= 4 is 5.91 Å². The number of primary amides is 1. The summed E-state index contributed by atoms with van der Waals surface area (Å²) in [6.45, 7) is 1.32. The second kappa shape index (κ2) is 6.58. The first-order valence-electron chi connectivity index (χ1n) is 6.63. The number of hydrogen-bond acceptors (Lipinski definition) is 5. The summed E-state index contributed by atoms with van der Waals surface area (Å²) in [5, 5.41) is 12.9. The van der Waals surface area contributed by atoms with Crippen LogP contribution < -0.4 is 15.8 Å². The van der Waals surface area contributed by atoms with Gasteiger partial charge in [0.1, 0.15) is 6.04 Å². The van der Waals surface area contributed by atoms with Gasteiger partial charge in [-0.25, -0.2) is 0 Å². The van der Waals surface area contributed by atoms with Crippen molar-refractivity contribution in [1.82, 2.24) is 5.32 Å². The monoisotopic (exact) mass is 280 g/mol. The molecular formula is C14H20N2O4. The number of carbonyl (C=O) groups is 1. The molecule has 20 heavy (non-hydrogen) atoms. The van der Waals surface area contributed by atoms with E-state index in [1.54, 1.807) is 12.1 Å². The fraction of sp³-hybridized carbons (Fsp3) is 0.500. The Balaban J connectivity index is 2.07. The number of hydrogen-bond donors (Lipinski definition) is 3. The van der Waals surface area contributed by atoms with Gasteiger partial charge in [-0.15, -0.1) is 0 Å². The maximum Gasteiger partial charge on any atom is 0.239 e. The summed E-state index contributed by atoms with van der Waals surface area (Å²) in [5.41, 5.74) is 6.02. The number of ether oxygens (including phenoxy) is 2. The number of phenolic OH excluding ortho intramolecular Hbond substituents is 1. The zero-order chi connectivity index (χ0) is 14.5. The van der Waals surface area contributed by atoms with Crippen LogP contribution in [0.4, 0.5) is 0 Å². The molecule has 2 atom stereocenters. The average molecular weight is 280 g/mol. The summed E-state index contributed by atoms with van der Waals surface area (Å²) in [7, 11) is 1.47. The molecule has 0 spiro atoms. The largest absolute Gasteiger partial charge is 0.504 e. The van der Waals surface area contributed by atoms with Crippen molar-refractivity contribution in [2.75, 3.05) is 20.3 Å². The van der Waals surface area contributed by atoms with E-state index >= 15 is 0 Å².